The molecular formula is C12H17N2O2. The van der Waals surface area contributed by atoms with E-state index in [-0.39, 0.29) is 0 Å². The molecule has 0 unspecified atom stereocenters. The summed E-state index contributed by atoms with van der Waals surface area (Å²) in [5.41, 5.74) is 8.95. The average Bonchev–Trinajstić information content (AvgIpc) is 2.24. The zero-order valence-corrected chi connectivity index (χ0v) is 9.66. The molecule has 1 aromatic rings. The quantitative estimate of drug-likeness (QED) is 0.355. The molecule has 0 amide bonds. The van der Waals surface area contributed by atoms with E-state index in [1.807, 2.05) is 19.9 Å². The van der Waals surface area contributed by atoms with Crippen molar-refractivity contribution in [2.45, 2.75) is 20.3 Å². The van der Waals surface area contributed by atoms with Crippen molar-refractivity contribution in [3.05, 3.63) is 29.7 Å². The molecule has 1 radical (unpaired) electrons. The van der Waals surface area contributed by atoms with Crippen LogP contribution in [0.25, 0.3) is 0 Å². The topological polar surface area (TPSA) is 67.8 Å². The lowest BCUT2D eigenvalue weighted by Crippen LogP contribution is -2.04. The van der Waals surface area contributed by atoms with Crippen LogP contribution in [0.3, 0.4) is 0 Å². The predicted octanol–water partition coefficient (Wildman–Crippen LogP) is 2.30. The molecule has 0 saturated carbocycles. The van der Waals surface area contributed by atoms with Gasteiger partial charge in [0.1, 0.15) is 5.75 Å². The fraction of sp³-hybridized carbons (Fsp3) is 0.333. The van der Waals surface area contributed by atoms with Crippen molar-refractivity contribution in [2.24, 2.45) is 5.16 Å². The number of nitrogens with zero attached hydrogens (tertiary/aromatic N) is 1. The SMILES string of the molecule is [CH2]CCOc1c(C)cc(N)c(/C=N\O)c1C. The molecule has 1 aromatic carbocycles. The molecule has 3 N–H and O–H groups in total. The lowest BCUT2D eigenvalue weighted by atomic mass is 10.0. The van der Waals surface area contributed by atoms with Crippen molar-refractivity contribution in [1.29, 1.82) is 0 Å². The highest BCUT2D eigenvalue weighted by molar-refractivity contribution is 5.90. The van der Waals surface area contributed by atoms with Gasteiger partial charge in [0.05, 0.1) is 12.8 Å². The molecular weight excluding hydrogens is 204 g/mol. The van der Waals surface area contributed by atoms with Gasteiger partial charge in [-0.2, -0.15) is 0 Å². The molecule has 0 spiro atoms. The van der Waals surface area contributed by atoms with Gasteiger partial charge < -0.3 is 15.7 Å². The van der Waals surface area contributed by atoms with Gasteiger partial charge in [-0.3, -0.25) is 0 Å². The first-order chi connectivity index (χ1) is 7.61. The van der Waals surface area contributed by atoms with E-state index in [1.54, 1.807) is 0 Å². The normalized spacial score (nSPS) is 10.9. The van der Waals surface area contributed by atoms with Crippen LogP contribution in [-0.2, 0) is 0 Å². The summed E-state index contributed by atoms with van der Waals surface area (Å²) in [6.07, 6.45) is 2.02. The lowest BCUT2D eigenvalue weighted by Gasteiger charge is -2.15. The van der Waals surface area contributed by atoms with E-state index in [0.29, 0.717) is 24.3 Å². The third kappa shape index (κ3) is 2.45. The molecule has 4 nitrogen and oxygen atoms in total. The van der Waals surface area contributed by atoms with Gasteiger partial charge in [0.2, 0.25) is 0 Å². The fourth-order valence-corrected chi connectivity index (χ4v) is 1.64. The Morgan fingerprint density at radius 2 is 2.25 bits per heavy atom. The monoisotopic (exact) mass is 221 g/mol. The first kappa shape index (κ1) is 12.4. The maximum Gasteiger partial charge on any atom is 0.125 e. The van der Waals surface area contributed by atoms with Gasteiger partial charge in [-0.05, 0) is 38.8 Å². The van der Waals surface area contributed by atoms with Gasteiger partial charge in [0.15, 0.2) is 0 Å². The lowest BCUT2D eigenvalue weighted by molar-refractivity contribution is 0.319. The Bertz CT molecular complexity index is 400. The van der Waals surface area contributed by atoms with E-state index < -0.39 is 0 Å². The van der Waals surface area contributed by atoms with E-state index in [9.17, 15) is 0 Å². The molecule has 16 heavy (non-hydrogen) atoms. The molecule has 87 valence electrons. The molecule has 0 aliphatic carbocycles. The summed E-state index contributed by atoms with van der Waals surface area (Å²) in [6.45, 7) is 8.10. The van der Waals surface area contributed by atoms with Gasteiger partial charge >= 0.3 is 0 Å². The summed E-state index contributed by atoms with van der Waals surface area (Å²) < 4.78 is 5.60. The van der Waals surface area contributed by atoms with Crippen molar-refractivity contribution in [2.75, 3.05) is 12.3 Å². The minimum Gasteiger partial charge on any atom is -0.493 e. The molecule has 4 heteroatoms. The summed E-state index contributed by atoms with van der Waals surface area (Å²) in [5, 5.41) is 11.6. The summed E-state index contributed by atoms with van der Waals surface area (Å²) >= 11 is 0. The van der Waals surface area contributed by atoms with Crippen LogP contribution in [0.15, 0.2) is 11.2 Å². The van der Waals surface area contributed by atoms with Crippen LogP contribution in [0.5, 0.6) is 5.75 Å². The predicted molar refractivity (Wildman–Crippen MR) is 65.2 cm³/mol. The van der Waals surface area contributed by atoms with Gasteiger partial charge in [-0.1, -0.05) is 5.16 Å². The van der Waals surface area contributed by atoms with Crippen LogP contribution in [0.4, 0.5) is 5.69 Å². The highest BCUT2D eigenvalue weighted by Crippen LogP contribution is 2.29. The number of hydrogen-bond acceptors (Lipinski definition) is 4. The minimum atomic E-state index is 0.557. The maximum atomic E-state index is 8.57. The van der Waals surface area contributed by atoms with Gasteiger partial charge in [0.25, 0.3) is 0 Å². The second kappa shape index (κ2) is 5.39. The van der Waals surface area contributed by atoms with Crippen molar-refractivity contribution < 1.29 is 9.94 Å². The zero-order valence-electron chi connectivity index (χ0n) is 9.66. The van der Waals surface area contributed by atoms with Crippen molar-refractivity contribution >= 4 is 11.9 Å². The van der Waals surface area contributed by atoms with Crippen molar-refractivity contribution in [3.63, 3.8) is 0 Å². The molecule has 0 heterocycles. The third-order valence-electron chi connectivity index (χ3n) is 2.36. The van der Waals surface area contributed by atoms with Gasteiger partial charge in [-0.25, -0.2) is 0 Å². The number of nitrogen functional groups attached to an aromatic ring is 1. The highest BCUT2D eigenvalue weighted by Gasteiger charge is 2.11. The van der Waals surface area contributed by atoms with Crippen LogP contribution < -0.4 is 10.5 Å². The van der Waals surface area contributed by atoms with Crippen LogP contribution in [-0.4, -0.2) is 18.0 Å². The summed E-state index contributed by atoms with van der Waals surface area (Å²) in [4.78, 5) is 0. The Kier molecular flexibility index (Phi) is 4.17. The second-order valence-electron chi connectivity index (χ2n) is 3.60. The number of benzene rings is 1. The molecule has 0 aromatic heterocycles. The van der Waals surface area contributed by atoms with Gasteiger partial charge in [-0.15, -0.1) is 0 Å². The molecule has 0 aliphatic rings. The number of rotatable bonds is 4. The molecule has 1 rings (SSSR count). The van der Waals surface area contributed by atoms with Crippen molar-refractivity contribution in [1.82, 2.24) is 0 Å². The molecule has 0 atom stereocenters. The summed E-state index contributed by atoms with van der Waals surface area (Å²) in [7, 11) is 0. The molecule has 0 bridgehead atoms. The number of nitrogens with two attached hydrogens (primary N) is 1. The van der Waals surface area contributed by atoms with E-state index >= 15 is 0 Å². The Morgan fingerprint density at radius 1 is 1.56 bits per heavy atom. The van der Waals surface area contributed by atoms with E-state index in [4.69, 9.17) is 15.7 Å². The van der Waals surface area contributed by atoms with Crippen LogP contribution in [0, 0.1) is 20.8 Å². The number of ether oxygens (including phenoxy) is 1. The minimum absolute atomic E-state index is 0.557. The smallest absolute Gasteiger partial charge is 0.125 e. The first-order valence-corrected chi connectivity index (χ1v) is 5.11. The van der Waals surface area contributed by atoms with Gasteiger partial charge in [0, 0.05) is 16.8 Å². The summed E-state index contributed by atoms with van der Waals surface area (Å²) in [6, 6.07) is 1.81. The van der Waals surface area contributed by atoms with E-state index in [1.165, 1.54) is 6.21 Å². The van der Waals surface area contributed by atoms with Crippen LogP contribution >= 0.6 is 0 Å². The highest BCUT2D eigenvalue weighted by atomic mass is 16.5. The Morgan fingerprint density at radius 3 is 2.81 bits per heavy atom. The third-order valence-corrected chi connectivity index (χ3v) is 2.36. The Balaban J connectivity index is 3.21. The fourth-order valence-electron chi connectivity index (χ4n) is 1.64. The molecule has 0 fully saturated rings. The zero-order chi connectivity index (χ0) is 12.1. The van der Waals surface area contributed by atoms with Crippen LogP contribution in [0.2, 0.25) is 0 Å². The number of aryl methyl sites for hydroxylation is 1. The van der Waals surface area contributed by atoms with E-state index in [2.05, 4.69) is 12.1 Å². The number of hydrogen-bond donors (Lipinski definition) is 2. The van der Waals surface area contributed by atoms with Crippen molar-refractivity contribution in [3.8, 4) is 5.75 Å². The van der Waals surface area contributed by atoms with Crippen LogP contribution in [0.1, 0.15) is 23.1 Å². The number of anilines is 1. The maximum absolute atomic E-state index is 8.57. The summed E-state index contributed by atoms with van der Waals surface area (Å²) in [5.74, 6) is 0.785. The largest absolute Gasteiger partial charge is 0.493 e. The first-order valence-electron chi connectivity index (χ1n) is 5.11. The number of oxime groups is 1. The Hall–Kier alpha value is -1.71. The Labute approximate surface area is 95.7 Å². The standard InChI is InChI=1S/C12H17N2O2/c1-4-5-16-12-8(2)6-11(13)10(7-14-15)9(12)3/h6-7,15H,1,4-5,13H2,2-3H3/b14-7-. The molecule has 0 aliphatic heterocycles. The van der Waals surface area contributed by atoms with E-state index in [0.717, 1.165) is 16.9 Å². The second-order valence-corrected chi connectivity index (χ2v) is 3.60. The average molecular weight is 221 g/mol. The molecule has 0 saturated heterocycles.